The predicted octanol–water partition coefficient (Wildman–Crippen LogP) is 1.63. The summed E-state index contributed by atoms with van der Waals surface area (Å²) in [6.07, 6.45) is 1.47. The van der Waals surface area contributed by atoms with Crippen LogP contribution >= 0.6 is 0 Å². The van der Waals surface area contributed by atoms with Crippen molar-refractivity contribution < 1.29 is 14.3 Å². The smallest absolute Gasteiger partial charge is 0.262 e. The molecule has 5 N–H and O–H groups in total. The number of nitrogens with one attached hydrogen (secondary N) is 1. The molecule has 136 valence electrons. The summed E-state index contributed by atoms with van der Waals surface area (Å²) < 4.78 is 10.8. The molecule has 0 aliphatic heterocycles. The van der Waals surface area contributed by atoms with Crippen LogP contribution in [0.4, 0.5) is 5.69 Å². The molecule has 0 aromatic heterocycles. The van der Waals surface area contributed by atoms with Crippen molar-refractivity contribution in [2.45, 2.75) is 6.92 Å². The number of nitrogens with zero attached hydrogens (tertiary/aromatic N) is 2. The number of hydrogen-bond donors (Lipinski definition) is 3. The monoisotopic (exact) mass is 355 g/mol. The maximum absolute atomic E-state index is 12.0. The molecule has 2 aromatic carbocycles. The first-order valence-corrected chi connectivity index (χ1v) is 7.77. The Balaban J connectivity index is 1.97. The molecule has 0 radical (unpaired) electrons. The zero-order chi connectivity index (χ0) is 18.9. The summed E-state index contributed by atoms with van der Waals surface area (Å²) in [5.41, 5.74) is 12.9. The first kappa shape index (κ1) is 18.8. The number of carbonyl (C=O) groups is 1. The Morgan fingerprint density at radius 1 is 1.15 bits per heavy atom. The van der Waals surface area contributed by atoms with E-state index in [1.54, 1.807) is 18.2 Å². The normalized spacial score (nSPS) is 10.4. The van der Waals surface area contributed by atoms with Gasteiger partial charge in [0.15, 0.2) is 18.1 Å². The van der Waals surface area contributed by atoms with Crippen LogP contribution in [0, 0.1) is 6.92 Å². The highest BCUT2D eigenvalue weighted by Gasteiger charge is 2.08. The summed E-state index contributed by atoms with van der Waals surface area (Å²) in [6.45, 7) is 1.83. The second-order valence-corrected chi connectivity index (χ2v) is 5.38. The summed E-state index contributed by atoms with van der Waals surface area (Å²) in [5, 5.41) is 10.0. The number of benzene rings is 2. The minimum absolute atomic E-state index is 0.132. The molecule has 8 heteroatoms. The standard InChI is InChI=1S/C18H21N5O3/c1-12-3-6-14(7-4-12)22-17(24)11-26-15-8-5-13(9-16(15)25-2)10-21-23-18(19)20/h3-10H,11H2,1-2H3,(H,22,24)(H4,19,20,23). The Bertz CT molecular complexity index is 812. The van der Waals surface area contributed by atoms with Crippen molar-refractivity contribution in [3.05, 3.63) is 53.6 Å². The van der Waals surface area contributed by atoms with Gasteiger partial charge in [-0.1, -0.05) is 17.7 Å². The van der Waals surface area contributed by atoms with Crippen molar-refractivity contribution in [1.82, 2.24) is 0 Å². The van der Waals surface area contributed by atoms with E-state index in [9.17, 15) is 4.79 Å². The first-order valence-electron chi connectivity index (χ1n) is 7.77. The van der Waals surface area contributed by atoms with Gasteiger partial charge in [-0.25, -0.2) is 0 Å². The molecule has 2 rings (SSSR count). The number of nitrogens with two attached hydrogens (primary N) is 2. The molecular weight excluding hydrogens is 334 g/mol. The van der Waals surface area contributed by atoms with E-state index in [0.717, 1.165) is 5.56 Å². The molecule has 0 saturated carbocycles. The van der Waals surface area contributed by atoms with E-state index in [0.29, 0.717) is 22.7 Å². The Morgan fingerprint density at radius 2 is 1.88 bits per heavy atom. The fourth-order valence-electron chi connectivity index (χ4n) is 2.02. The van der Waals surface area contributed by atoms with Crippen LogP contribution < -0.4 is 26.3 Å². The predicted molar refractivity (Wildman–Crippen MR) is 102 cm³/mol. The Kier molecular flexibility index (Phi) is 6.55. The number of methoxy groups -OCH3 is 1. The number of hydrogen-bond acceptors (Lipinski definition) is 5. The zero-order valence-electron chi connectivity index (χ0n) is 14.6. The summed E-state index contributed by atoms with van der Waals surface area (Å²) in [5.74, 6) is 0.495. The Morgan fingerprint density at radius 3 is 2.54 bits per heavy atom. The van der Waals surface area contributed by atoms with E-state index in [4.69, 9.17) is 20.9 Å². The molecular formula is C18H21N5O3. The molecule has 0 unspecified atom stereocenters. The molecule has 0 bridgehead atoms. The fourth-order valence-corrected chi connectivity index (χ4v) is 2.02. The third kappa shape index (κ3) is 5.82. The van der Waals surface area contributed by atoms with E-state index >= 15 is 0 Å². The van der Waals surface area contributed by atoms with Gasteiger partial charge >= 0.3 is 0 Å². The van der Waals surface area contributed by atoms with Crippen LogP contribution in [-0.2, 0) is 4.79 Å². The van der Waals surface area contributed by atoms with Crippen LogP contribution in [0.15, 0.2) is 52.7 Å². The van der Waals surface area contributed by atoms with Gasteiger partial charge < -0.3 is 26.3 Å². The molecule has 2 aromatic rings. The molecule has 0 aliphatic rings. The van der Waals surface area contributed by atoms with Crippen LogP contribution in [0.2, 0.25) is 0 Å². The summed E-state index contributed by atoms with van der Waals surface area (Å²) >= 11 is 0. The number of guanidine groups is 1. The average molecular weight is 355 g/mol. The lowest BCUT2D eigenvalue weighted by Crippen LogP contribution is -2.21. The number of rotatable bonds is 7. The molecule has 0 atom stereocenters. The highest BCUT2D eigenvalue weighted by Crippen LogP contribution is 2.27. The first-order chi connectivity index (χ1) is 12.5. The molecule has 0 spiro atoms. The second-order valence-electron chi connectivity index (χ2n) is 5.38. The second kappa shape index (κ2) is 9.07. The molecule has 26 heavy (non-hydrogen) atoms. The number of amides is 1. The van der Waals surface area contributed by atoms with Crippen LogP contribution in [0.5, 0.6) is 11.5 Å². The summed E-state index contributed by atoms with van der Waals surface area (Å²) in [6, 6.07) is 12.6. The van der Waals surface area contributed by atoms with Crippen LogP contribution in [0.1, 0.15) is 11.1 Å². The quantitative estimate of drug-likeness (QED) is 0.395. The highest BCUT2D eigenvalue weighted by molar-refractivity contribution is 5.92. The fraction of sp³-hybridized carbons (Fsp3) is 0.167. The van der Waals surface area contributed by atoms with Crippen molar-refractivity contribution in [2.24, 2.45) is 21.7 Å². The van der Waals surface area contributed by atoms with Gasteiger partial charge in [0.1, 0.15) is 0 Å². The number of ether oxygens (including phenoxy) is 2. The van der Waals surface area contributed by atoms with Crippen LogP contribution in [0.3, 0.4) is 0 Å². The van der Waals surface area contributed by atoms with E-state index in [1.807, 2.05) is 31.2 Å². The van der Waals surface area contributed by atoms with Gasteiger partial charge in [-0.05, 0) is 42.8 Å². The van der Waals surface area contributed by atoms with Crippen molar-refractivity contribution >= 4 is 23.8 Å². The van der Waals surface area contributed by atoms with E-state index in [-0.39, 0.29) is 18.5 Å². The van der Waals surface area contributed by atoms with Gasteiger partial charge in [0.25, 0.3) is 5.91 Å². The number of carbonyl (C=O) groups excluding carboxylic acids is 1. The van der Waals surface area contributed by atoms with Gasteiger partial charge in [0.2, 0.25) is 5.96 Å². The zero-order valence-corrected chi connectivity index (χ0v) is 14.6. The molecule has 1 amide bonds. The SMILES string of the molecule is COc1cc(C=NN=C(N)N)ccc1OCC(=O)Nc1ccc(C)cc1. The van der Waals surface area contributed by atoms with Gasteiger partial charge in [0.05, 0.1) is 13.3 Å². The van der Waals surface area contributed by atoms with E-state index in [2.05, 4.69) is 15.5 Å². The van der Waals surface area contributed by atoms with Crippen LogP contribution in [0.25, 0.3) is 0 Å². The van der Waals surface area contributed by atoms with E-state index in [1.165, 1.54) is 13.3 Å². The van der Waals surface area contributed by atoms with Crippen molar-refractivity contribution in [2.75, 3.05) is 19.0 Å². The molecule has 0 heterocycles. The molecule has 0 saturated heterocycles. The molecule has 0 aliphatic carbocycles. The summed E-state index contributed by atoms with van der Waals surface area (Å²) in [4.78, 5) is 12.0. The largest absolute Gasteiger partial charge is 0.493 e. The Hall–Kier alpha value is -3.55. The van der Waals surface area contributed by atoms with Gasteiger partial charge in [0, 0.05) is 5.69 Å². The van der Waals surface area contributed by atoms with E-state index < -0.39 is 0 Å². The number of anilines is 1. The molecule has 0 fully saturated rings. The third-order valence-electron chi connectivity index (χ3n) is 3.26. The Labute approximate surface area is 151 Å². The highest BCUT2D eigenvalue weighted by atomic mass is 16.5. The van der Waals surface area contributed by atoms with Gasteiger partial charge in [-0.15, -0.1) is 5.10 Å². The maximum Gasteiger partial charge on any atom is 0.262 e. The summed E-state index contributed by atoms with van der Waals surface area (Å²) in [7, 11) is 1.51. The average Bonchev–Trinajstić information content (AvgIpc) is 2.62. The third-order valence-corrected chi connectivity index (χ3v) is 3.26. The minimum atomic E-state index is -0.269. The van der Waals surface area contributed by atoms with Gasteiger partial charge in [-0.2, -0.15) is 5.10 Å². The lowest BCUT2D eigenvalue weighted by Gasteiger charge is -2.11. The van der Waals surface area contributed by atoms with Crippen molar-refractivity contribution in [3.63, 3.8) is 0 Å². The number of aryl methyl sites for hydroxylation is 1. The lowest BCUT2D eigenvalue weighted by molar-refractivity contribution is -0.118. The minimum Gasteiger partial charge on any atom is -0.493 e. The lowest BCUT2D eigenvalue weighted by atomic mass is 10.2. The molecule has 8 nitrogen and oxygen atoms in total. The topological polar surface area (TPSA) is 124 Å². The van der Waals surface area contributed by atoms with Crippen molar-refractivity contribution in [1.29, 1.82) is 0 Å². The maximum atomic E-state index is 12.0. The van der Waals surface area contributed by atoms with Crippen LogP contribution in [-0.4, -0.2) is 31.8 Å². The van der Waals surface area contributed by atoms with Crippen molar-refractivity contribution in [3.8, 4) is 11.5 Å². The van der Waals surface area contributed by atoms with Gasteiger partial charge in [-0.3, -0.25) is 4.79 Å².